The van der Waals surface area contributed by atoms with Crippen molar-refractivity contribution in [1.29, 1.82) is 0 Å². The summed E-state index contributed by atoms with van der Waals surface area (Å²) in [5.74, 6) is 2.56. The van der Waals surface area contributed by atoms with E-state index in [0.717, 1.165) is 29.6 Å². The fourth-order valence-corrected chi connectivity index (χ4v) is 2.48. The topological polar surface area (TPSA) is 30.5 Å². The average Bonchev–Trinajstić information content (AvgIpc) is 2.97. The number of fused-ring (bicyclic) bond motifs is 1. The van der Waals surface area contributed by atoms with Crippen molar-refractivity contribution in [3.63, 3.8) is 0 Å². The lowest BCUT2D eigenvalue weighted by Crippen LogP contribution is -2.10. The molecule has 16 heavy (non-hydrogen) atoms. The van der Waals surface area contributed by atoms with Gasteiger partial charge in [-0.15, -0.1) is 0 Å². The van der Waals surface area contributed by atoms with Gasteiger partial charge in [0.2, 0.25) is 6.79 Å². The molecule has 0 saturated heterocycles. The SMILES string of the molecule is c1cc2c(cc1NCC1CCCC1)OCO2. The van der Waals surface area contributed by atoms with E-state index in [2.05, 4.69) is 11.4 Å². The average molecular weight is 219 g/mol. The predicted octanol–water partition coefficient (Wildman–Crippen LogP) is 3.02. The van der Waals surface area contributed by atoms with Gasteiger partial charge in [0.1, 0.15) is 0 Å². The Morgan fingerprint density at radius 1 is 1.12 bits per heavy atom. The lowest BCUT2D eigenvalue weighted by atomic mass is 10.1. The maximum absolute atomic E-state index is 5.35. The van der Waals surface area contributed by atoms with Gasteiger partial charge in [-0.2, -0.15) is 0 Å². The monoisotopic (exact) mass is 219 g/mol. The van der Waals surface area contributed by atoms with Crippen molar-refractivity contribution in [2.75, 3.05) is 18.7 Å². The second-order valence-electron chi connectivity index (χ2n) is 4.60. The standard InChI is InChI=1S/C13H17NO2/c1-2-4-10(3-1)8-14-11-5-6-12-13(7-11)16-9-15-12/h5-7,10,14H,1-4,8-9H2. The summed E-state index contributed by atoms with van der Waals surface area (Å²) in [5, 5.41) is 3.48. The lowest BCUT2D eigenvalue weighted by Gasteiger charge is -2.11. The Hall–Kier alpha value is -1.38. The lowest BCUT2D eigenvalue weighted by molar-refractivity contribution is 0.174. The highest BCUT2D eigenvalue weighted by atomic mass is 16.7. The van der Waals surface area contributed by atoms with Crippen LogP contribution >= 0.6 is 0 Å². The van der Waals surface area contributed by atoms with E-state index in [-0.39, 0.29) is 0 Å². The van der Waals surface area contributed by atoms with Crippen molar-refractivity contribution in [2.24, 2.45) is 5.92 Å². The van der Waals surface area contributed by atoms with Gasteiger partial charge in [0.15, 0.2) is 11.5 Å². The summed E-state index contributed by atoms with van der Waals surface area (Å²) in [6.45, 7) is 1.43. The maximum Gasteiger partial charge on any atom is 0.231 e. The molecule has 0 aromatic heterocycles. The fourth-order valence-electron chi connectivity index (χ4n) is 2.48. The van der Waals surface area contributed by atoms with E-state index < -0.39 is 0 Å². The van der Waals surface area contributed by atoms with Crippen LogP contribution in [0.25, 0.3) is 0 Å². The van der Waals surface area contributed by atoms with Crippen molar-refractivity contribution in [1.82, 2.24) is 0 Å². The molecule has 3 heteroatoms. The molecule has 0 unspecified atom stereocenters. The van der Waals surface area contributed by atoms with Crippen molar-refractivity contribution in [3.05, 3.63) is 18.2 Å². The van der Waals surface area contributed by atoms with Crippen molar-refractivity contribution >= 4 is 5.69 Å². The molecule has 1 aromatic rings. The highest BCUT2D eigenvalue weighted by Gasteiger charge is 2.16. The van der Waals surface area contributed by atoms with Crippen LogP contribution in [-0.4, -0.2) is 13.3 Å². The third kappa shape index (κ3) is 1.94. The van der Waals surface area contributed by atoms with Gasteiger partial charge in [0.25, 0.3) is 0 Å². The molecule has 2 aliphatic rings. The van der Waals surface area contributed by atoms with Crippen LogP contribution in [0.15, 0.2) is 18.2 Å². The smallest absolute Gasteiger partial charge is 0.231 e. The molecule has 0 atom stereocenters. The molecule has 1 N–H and O–H groups in total. The highest BCUT2D eigenvalue weighted by Crippen LogP contribution is 2.34. The quantitative estimate of drug-likeness (QED) is 0.847. The maximum atomic E-state index is 5.35. The van der Waals surface area contributed by atoms with Crippen LogP contribution in [0.5, 0.6) is 11.5 Å². The minimum atomic E-state index is 0.349. The largest absolute Gasteiger partial charge is 0.454 e. The molecule has 1 aliphatic carbocycles. The van der Waals surface area contributed by atoms with Gasteiger partial charge in [0, 0.05) is 18.3 Å². The Morgan fingerprint density at radius 2 is 1.94 bits per heavy atom. The molecule has 0 amide bonds. The molecule has 1 fully saturated rings. The van der Waals surface area contributed by atoms with E-state index in [4.69, 9.17) is 9.47 Å². The van der Waals surface area contributed by atoms with Gasteiger partial charge in [0.05, 0.1) is 0 Å². The van der Waals surface area contributed by atoms with Gasteiger partial charge < -0.3 is 14.8 Å². The Morgan fingerprint density at radius 3 is 2.81 bits per heavy atom. The first kappa shape index (κ1) is 9.82. The van der Waals surface area contributed by atoms with E-state index in [0.29, 0.717) is 6.79 Å². The summed E-state index contributed by atoms with van der Waals surface area (Å²) < 4.78 is 10.6. The summed E-state index contributed by atoms with van der Waals surface area (Å²) in [4.78, 5) is 0. The second kappa shape index (κ2) is 4.24. The van der Waals surface area contributed by atoms with E-state index in [9.17, 15) is 0 Å². The summed E-state index contributed by atoms with van der Waals surface area (Å²) in [5.41, 5.74) is 1.14. The zero-order valence-electron chi connectivity index (χ0n) is 9.37. The minimum absolute atomic E-state index is 0.349. The van der Waals surface area contributed by atoms with Crippen LogP contribution in [0.2, 0.25) is 0 Å². The Balaban J connectivity index is 1.61. The molecular weight excluding hydrogens is 202 g/mol. The van der Waals surface area contributed by atoms with Gasteiger partial charge >= 0.3 is 0 Å². The van der Waals surface area contributed by atoms with Crippen LogP contribution in [-0.2, 0) is 0 Å². The molecule has 1 saturated carbocycles. The predicted molar refractivity (Wildman–Crippen MR) is 63.0 cm³/mol. The summed E-state index contributed by atoms with van der Waals surface area (Å²) in [6, 6.07) is 6.05. The molecular formula is C13H17NO2. The Labute approximate surface area is 95.8 Å². The van der Waals surface area contributed by atoms with Gasteiger partial charge in [-0.05, 0) is 30.9 Å². The van der Waals surface area contributed by atoms with Crippen LogP contribution in [0, 0.1) is 5.92 Å². The zero-order valence-corrected chi connectivity index (χ0v) is 9.37. The number of ether oxygens (including phenoxy) is 2. The number of hydrogen-bond acceptors (Lipinski definition) is 3. The molecule has 0 bridgehead atoms. The molecule has 0 spiro atoms. The number of benzene rings is 1. The summed E-state index contributed by atoms with van der Waals surface area (Å²) >= 11 is 0. The van der Waals surface area contributed by atoms with Gasteiger partial charge in [-0.25, -0.2) is 0 Å². The Bertz CT molecular complexity index is 372. The fraction of sp³-hybridized carbons (Fsp3) is 0.538. The van der Waals surface area contributed by atoms with Crippen molar-refractivity contribution in [3.8, 4) is 11.5 Å². The molecule has 86 valence electrons. The molecule has 1 heterocycles. The second-order valence-corrected chi connectivity index (χ2v) is 4.60. The van der Waals surface area contributed by atoms with E-state index in [1.807, 2.05) is 12.1 Å². The van der Waals surface area contributed by atoms with Crippen LogP contribution < -0.4 is 14.8 Å². The first-order chi connectivity index (χ1) is 7.92. The number of nitrogens with one attached hydrogen (secondary N) is 1. The first-order valence-corrected chi connectivity index (χ1v) is 6.05. The van der Waals surface area contributed by atoms with Gasteiger partial charge in [-0.1, -0.05) is 12.8 Å². The molecule has 3 nitrogen and oxygen atoms in total. The molecule has 1 aromatic carbocycles. The molecule has 3 rings (SSSR count). The molecule has 0 radical (unpaired) electrons. The summed E-state index contributed by atoms with van der Waals surface area (Å²) in [6.07, 6.45) is 5.54. The third-order valence-corrected chi connectivity index (χ3v) is 3.44. The minimum Gasteiger partial charge on any atom is -0.454 e. The van der Waals surface area contributed by atoms with E-state index in [1.165, 1.54) is 25.7 Å². The Kier molecular flexibility index (Phi) is 2.60. The van der Waals surface area contributed by atoms with Crippen LogP contribution in [0.1, 0.15) is 25.7 Å². The van der Waals surface area contributed by atoms with E-state index >= 15 is 0 Å². The third-order valence-electron chi connectivity index (χ3n) is 3.44. The molecule has 1 aliphatic heterocycles. The highest BCUT2D eigenvalue weighted by molar-refractivity contribution is 5.55. The van der Waals surface area contributed by atoms with Gasteiger partial charge in [-0.3, -0.25) is 0 Å². The number of rotatable bonds is 3. The van der Waals surface area contributed by atoms with Crippen molar-refractivity contribution in [2.45, 2.75) is 25.7 Å². The number of anilines is 1. The van der Waals surface area contributed by atoms with Crippen molar-refractivity contribution < 1.29 is 9.47 Å². The zero-order chi connectivity index (χ0) is 10.8. The van der Waals surface area contributed by atoms with Crippen LogP contribution in [0.4, 0.5) is 5.69 Å². The normalized spacial score (nSPS) is 19.0. The first-order valence-electron chi connectivity index (χ1n) is 6.05. The van der Waals surface area contributed by atoms with Crippen LogP contribution in [0.3, 0.4) is 0 Å². The summed E-state index contributed by atoms with van der Waals surface area (Å²) in [7, 11) is 0. The van der Waals surface area contributed by atoms with E-state index in [1.54, 1.807) is 0 Å². The number of hydrogen-bond donors (Lipinski definition) is 1.